The molecule has 0 unspecified atom stereocenters. The molecule has 3 rings (SSSR count). The number of imidazole rings is 1. The van der Waals surface area contributed by atoms with Gasteiger partial charge in [0.05, 0.1) is 0 Å². The summed E-state index contributed by atoms with van der Waals surface area (Å²) in [5.74, 6) is 0. The first-order chi connectivity index (χ1) is 8.65. The normalized spacial score (nSPS) is 11.1. The average molecular weight is 366 g/mol. The van der Waals surface area contributed by atoms with Gasteiger partial charge in [0.15, 0.2) is 0 Å². The first-order valence-corrected chi connectivity index (χ1v) is 7.14. The molecular formula is C14H10Br2N2. The second-order valence-electron chi connectivity index (χ2n) is 4.19. The molecule has 0 aliphatic carbocycles. The highest BCUT2D eigenvalue weighted by atomic mass is 79.9. The Balaban J connectivity index is 2.23. The lowest BCUT2D eigenvalue weighted by Crippen LogP contribution is -1.85. The summed E-state index contributed by atoms with van der Waals surface area (Å²) in [6.45, 7) is 2.07. The van der Waals surface area contributed by atoms with Crippen LogP contribution < -0.4 is 0 Å². The highest BCUT2D eigenvalue weighted by molar-refractivity contribution is 9.10. The lowest BCUT2D eigenvalue weighted by Gasteiger charge is -1.99. The summed E-state index contributed by atoms with van der Waals surface area (Å²) in [5, 5.41) is 0. The van der Waals surface area contributed by atoms with E-state index in [1.807, 2.05) is 18.2 Å². The quantitative estimate of drug-likeness (QED) is 0.603. The molecule has 0 N–H and O–H groups in total. The first kappa shape index (κ1) is 11.9. The summed E-state index contributed by atoms with van der Waals surface area (Å²) in [6.07, 6.45) is 2.08. The second kappa shape index (κ2) is 4.52. The summed E-state index contributed by atoms with van der Waals surface area (Å²) < 4.78 is 4.12. The van der Waals surface area contributed by atoms with Gasteiger partial charge in [-0.3, -0.25) is 4.40 Å². The molecule has 90 valence electrons. The molecule has 0 radical (unpaired) electrons. The molecule has 18 heavy (non-hydrogen) atoms. The molecule has 0 saturated carbocycles. The van der Waals surface area contributed by atoms with E-state index in [1.54, 1.807) is 0 Å². The lowest BCUT2D eigenvalue weighted by atomic mass is 10.2. The van der Waals surface area contributed by atoms with Crippen molar-refractivity contribution in [1.82, 2.24) is 9.38 Å². The van der Waals surface area contributed by atoms with Crippen molar-refractivity contribution >= 4 is 37.5 Å². The minimum absolute atomic E-state index is 0.949. The zero-order chi connectivity index (χ0) is 12.7. The van der Waals surface area contributed by atoms with Gasteiger partial charge in [0.1, 0.15) is 15.9 Å². The number of hydrogen-bond donors (Lipinski definition) is 0. The molecule has 0 bridgehead atoms. The zero-order valence-corrected chi connectivity index (χ0v) is 12.9. The van der Waals surface area contributed by atoms with Crippen molar-refractivity contribution in [2.45, 2.75) is 6.92 Å². The van der Waals surface area contributed by atoms with Crippen LogP contribution in [0.15, 0.2) is 51.7 Å². The molecule has 0 aliphatic heterocycles. The third kappa shape index (κ3) is 1.99. The minimum atomic E-state index is 0.949. The molecular weight excluding hydrogens is 356 g/mol. The number of rotatable bonds is 1. The van der Waals surface area contributed by atoms with E-state index < -0.39 is 0 Å². The highest BCUT2D eigenvalue weighted by Gasteiger charge is 2.11. The third-order valence-electron chi connectivity index (χ3n) is 2.83. The van der Waals surface area contributed by atoms with Crippen LogP contribution in [0.2, 0.25) is 0 Å². The van der Waals surface area contributed by atoms with Gasteiger partial charge in [-0.1, -0.05) is 34.1 Å². The Morgan fingerprint density at radius 3 is 2.44 bits per heavy atom. The number of pyridine rings is 1. The molecule has 0 aliphatic rings. The summed E-state index contributed by atoms with van der Waals surface area (Å²) in [6, 6.07) is 12.3. The van der Waals surface area contributed by atoms with Crippen molar-refractivity contribution in [2.75, 3.05) is 0 Å². The number of aryl methyl sites for hydroxylation is 1. The molecule has 0 saturated heterocycles. The van der Waals surface area contributed by atoms with Gasteiger partial charge in [-0.05, 0) is 46.6 Å². The fourth-order valence-electron chi connectivity index (χ4n) is 1.91. The van der Waals surface area contributed by atoms with Gasteiger partial charge in [0.2, 0.25) is 0 Å². The Bertz CT molecular complexity index is 714. The maximum Gasteiger partial charge on any atom is 0.138 e. The van der Waals surface area contributed by atoms with Crippen LogP contribution in [0.4, 0.5) is 0 Å². The van der Waals surface area contributed by atoms with Crippen molar-refractivity contribution in [2.24, 2.45) is 0 Å². The van der Waals surface area contributed by atoms with Crippen molar-refractivity contribution in [3.63, 3.8) is 0 Å². The van der Waals surface area contributed by atoms with Gasteiger partial charge in [-0.2, -0.15) is 0 Å². The van der Waals surface area contributed by atoms with E-state index in [2.05, 4.69) is 72.6 Å². The van der Waals surface area contributed by atoms with E-state index in [-0.39, 0.29) is 0 Å². The van der Waals surface area contributed by atoms with Gasteiger partial charge in [0, 0.05) is 16.2 Å². The molecule has 0 atom stereocenters. The predicted octanol–water partition coefficient (Wildman–Crippen LogP) is 4.83. The van der Waals surface area contributed by atoms with Crippen molar-refractivity contribution in [1.29, 1.82) is 0 Å². The molecule has 1 aromatic carbocycles. The minimum Gasteiger partial charge on any atom is -0.293 e. The molecule has 4 heteroatoms. The van der Waals surface area contributed by atoms with Crippen LogP contribution in [-0.2, 0) is 0 Å². The Kier molecular flexibility index (Phi) is 2.99. The van der Waals surface area contributed by atoms with Crippen LogP contribution in [0, 0.1) is 6.92 Å². The van der Waals surface area contributed by atoms with Gasteiger partial charge in [-0.15, -0.1) is 0 Å². The van der Waals surface area contributed by atoms with Crippen LogP contribution in [0.1, 0.15) is 5.56 Å². The van der Waals surface area contributed by atoms with Gasteiger partial charge >= 0.3 is 0 Å². The van der Waals surface area contributed by atoms with E-state index in [9.17, 15) is 0 Å². The largest absolute Gasteiger partial charge is 0.293 e. The van der Waals surface area contributed by atoms with Crippen molar-refractivity contribution < 1.29 is 0 Å². The van der Waals surface area contributed by atoms with Gasteiger partial charge in [-0.25, -0.2) is 4.98 Å². The van der Waals surface area contributed by atoms with Crippen molar-refractivity contribution in [3.8, 4) is 11.3 Å². The van der Waals surface area contributed by atoms with E-state index in [1.165, 1.54) is 5.56 Å². The van der Waals surface area contributed by atoms with Crippen LogP contribution in [0.25, 0.3) is 16.9 Å². The Morgan fingerprint density at radius 1 is 1.00 bits per heavy atom. The molecule has 0 spiro atoms. The van der Waals surface area contributed by atoms with E-state index in [0.29, 0.717) is 0 Å². The predicted molar refractivity (Wildman–Crippen MR) is 80.8 cm³/mol. The standard InChI is InChI=1S/C14H10Br2N2/c1-9-2-7-12-17-13(14(16)18(12)8-9)10-3-5-11(15)6-4-10/h2-8H,1H3. The first-order valence-electron chi connectivity index (χ1n) is 5.55. The second-order valence-corrected chi connectivity index (χ2v) is 5.86. The molecule has 0 amide bonds. The molecule has 0 fully saturated rings. The van der Waals surface area contributed by atoms with E-state index >= 15 is 0 Å². The Morgan fingerprint density at radius 2 is 1.72 bits per heavy atom. The fraction of sp³-hybridized carbons (Fsp3) is 0.0714. The van der Waals surface area contributed by atoms with Gasteiger partial charge in [0.25, 0.3) is 0 Å². The number of fused-ring (bicyclic) bond motifs is 1. The van der Waals surface area contributed by atoms with E-state index in [4.69, 9.17) is 0 Å². The fourth-order valence-corrected chi connectivity index (χ4v) is 2.78. The average Bonchev–Trinajstić information content (AvgIpc) is 2.68. The van der Waals surface area contributed by atoms with Crippen LogP contribution in [0.3, 0.4) is 0 Å². The zero-order valence-electron chi connectivity index (χ0n) is 9.69. The summed E-state index contributed by atoms with van der Waals surface area (Å²) in [7, 11) is 0. The maximum atomic E-state index is 4.65. The highest BCUT2D eigenvalue weighted by Crippen LogP contribution is 2.29. The molecule has 2 aromatic heterocycles. The van der Waals surface area contributed by atoms with Gasteiger partial charge < -0.3 is 0 Å². The number of benzene rings is 1. The monoisotopic (exact) mass is 364 g/mol. The molecule has 3 aromatic rings. The molecule has 2 nitrogen and oxygen atoms in total. The number of aromatic nitrogens is 2. The molecule has 2 heterocycles. The topological polar surface area (TPSA) is 17.3 Å². The number of nitrogens with zero attached hydrogens (tertiary/aromatic N) is 2. The number of hydrogen-bond acceptors (Lipinski definition) is 1. The Hall–Kier alpha value is -1.13. The summed E-state index contributed by atoms with van der Waals surface area (Å²) in [4.78, 5) is 4.65. The van der Waals surface area contributed by atoms with Crippen LogP contribution in [0.5, 0.6) is 0 Å². The van der Waals surface area contributed by atoms with Crippen molar-refractivity contribution in [3.05, 3.63) is 57.2 Å². The summed E-state index contributed by atoms with van der Waals surface area (Å²) >= 11 is 7.07. The van der Waals surface area contributed by atoms with Crippen LogP contribution >= 0.6 is 31.9 Å². The third-order valence-corrected chi connectivity index (χ3v) is 4.11. The maximum absolute atomic E-state index is 4.65. The van der Waals surface area contributed by atoms with E-state index in [0.717, 1.165) is 26.0 Å². The summed E-state index contributed by atoms with van der Waals surface area (Å²) in [5.41, 5.74) is 4.23. The SMILES string of the molecule is Cc1ccc2nc(-c3ccc(Br)cc3)c(Br)n2c1. The lowest BCUT2D eigenvalue weighted by molar-refractivity contribution is 1.13. The number of halogens is 2. The Labute approximate surface area is 122 Å². The van der Waals surface area contributed by atoms with Crippen LogP contribution in [-0.4, -0.2) is 9.38 Å². The smallest absolute Gasteiger partial charge is 0.138 e.